The van der Waals surface area contributed by atoms with Crippen LogP contribution in [0.25, 0.3) is 5.76 Å². The van der Waals surface area contributed by atoms with Gasteiger partial charge in [-0.3, -0.25) is 14.5 Å². The summed E-state index contributed by atoms with van der Waals surface area (Å²) < 4.78 is 23.9. The summed E-state index contributed by atoms with van der Waals surface area (Å²) in [4.78, 5) is 44.4. The smallest absolute Gasteiger partial charge is 0.350 e. The van der Waals surface area contributed by atoms with E-state index in [-0.39, 0.29) is 22.2 Å². The predicted octanol–water partition coefficient (Wildman–Crippen LogP) is 4.40. The summed E-state index contributed by atoms with van der Waals surface area (Å²) in [7, 11) is 1.50. The Morgan fingerprint density at radius 1 is 1.14 bits per heavy atom. The maximum Gasteiger partial charge on any atom is 0.350 e. The zero-order chi connectivity index (χ0) is 25.3. The lowest BCUT2D eigenvalue weighted by atomic mass is 9.95. The maximum absolute atomic E-state index is 13.7. The number of anilines is 1. The van der Waals surface area contributed by atoms with Gasteiger partial charge >= 0.3 is 11.9 Å². The predicted molar refractivity (Wildman–Crippen MR) is 127 cm³/mol. The molecule has 0 spiro atoms. The van der Waals surface area contributed by atoms with Gasteiger partial charge in [0.05, 0.1) is 31.0 Å². The Kier molecular flexibility index (Phi) is 6.65. The molecule has 0 radical (unpaired) electrons. The van der Waals surface area contributed by atoms with E-state index in [0.717, 1.165) is 16.2 Å². The van der Waals surface area contributed by atoms with Crippen LogP contribution in [0.1, 0.15) is 39.5 Å². The number of Topliss-reactive ketones (excluding diaryl/α,β-unsaturated/α-hetero) is 1. The number of amides is 1. The molecule has 3 aromatic rings. The fourth-order valence-electron chi connectivity index (χ4n) is 3.77. The molecule has 8 nitrogen and oxygen atoms in total. The molecule has 0 aliphatic carbocycles. The van der Waals surface area contributed by atoms with Crippen LogP contribution >= 0.6 is 11.3 Å². The third kappa shape index (κ3) is 4.40. The molecule has 1 N–H and O–H groups in total. The minimum atomic E-state index is -1.10. The highest BCUT2D eigenvalue weighted by Crippen LogP contribution is 2.44. The number of ether oxygens (including phenoxy) is 2. The number of thiazole rings is 1. The lowest BCUT2D eigenvalue weighted by molar-refractivity contribution is -0.132. The quantitative estimate of drug-likeness (QED) is 0.233. The highest BCUT2D eigenvalue weighted by molar-refractivity contribution is 7.17. The van der Waals surface area contributed by atoms with Gasteiger partial charge in [-0.05, 0) is 55.8 Å². The van der Waals surface area contributed by atoms with Crippen molar-refractivity contribution in [1.82, 2.24) is 4.98 Å². The third-order valence-electron chi connectivity index (χ3n) is 5.45. The number of hydrogen-bond acceptors (Lipinski definition) is 8. The summed E-state index contributed by atoms with van der Waals surface area (Å²) in [6, 6.07) is 10.4. The molecule has 0 bridgehead atoms. The number of nitrogens with zero attached hydrogens (tertiary/aromatic N) is 2. The minimum Gasteiger partial charge on any atom is -0.507 e. The van der Waals surface area contributed by atoms with Crippen molar-refractivity contribution in [2.45, 2.75) is 19.9 Å². The molecule has 1 amide bonds. The molecular formula is C25H21FN2O6S. The lowest BCUT2D eigenvalue weighted by Crippen LogP contribution is -2.29. The minimum absolute atomic E-state index is 0.0794. The van der Waals surface area contributed by atoms with Crippen LogP contribution in [0.3, 0.4) is 0 Å². The van der Waals surface area contributed by atoms with Crippen molar-refractivity contribution in [3.05, 3.63) is 81.6 Å². The first kappa shape index (κ1) is 24.1. The molecule has 1 aromatic heterocycles. The average Bonchev–Trinajstić information content (AvgIpc) is 3.36. The molecule has 1 aliphatic heterocycles. The number of aromatic nitrogens is 1. The first-order chi connectivity index (χ1) is 16.8. The number of methoxy groups -OCH3 is 1. The van der Waals surface area contributed by atoms with E-state index in [0.29, 0.717) is 22.6 Å². The second kappa shape index (κ2) is 9.67. The molecular weight excluding hydrogens is 475 g/mol. The van der Waals surface area contributed by atoms with Crippen molar-refractivity contribution in [2.24, 2.45) is 0 Å². The highest BCUT2D eigenvalue weighted by atomic mass is 32.1. The molecule has 180 valence electrons. The first-order valence-electron chi connectivity index (χ1n) is 10.6. The maximum atomic E-state index is 13.7. The van der Waals surface area contributed by atoms with Crippen molar-refractivity contribution >= 4 is 39.9 Å². The fraction of sp³-hybridized carbons (Fsp3) is 0.200. The third-order valence-corrected chi connectivity index (χ3v) is 6.58. The number of halogens is 1. The standard InChI is InChI=1S/C25H21FN2O6S/c1-4-34-24(32)22-13(2)27-25(35-22)28-19(14-5-9-16(26)10-6-14)18(21(30)23(28)31)20(29)15-7-11-17(33-3)12-8-15/h5-12,19,29H,4H2,1-3H3/t19-/m1/s1. The van der Waals surface area contributed by atoms with E-state index in [9.17, 15) is 23.9 Å². The second-order valence-electron chi connectivity index (χ2n) is 7.58. The number of aliphatic hydroxyl groups excluding tert-OH is 1. The van der Waals surface area contributed by atoms with E-state index in [1.54, 1.807) is 38.1 Å². The molecule has 4 rings (SSSR count). The number of esters is 1. The van der Waals surface area contributed by atoms with E-state index in [2.05, 4.69) is 4.98 Å². The molecule has 1 atom stereocenters. The number of aryl methyl sites for hydroxylation is 1. The number of hydrogen-bond donors (Lipinski definition) is 1. The molecule has 2 heterocycles. The van der Waals surface area contributed by atoms with Gasteiger partial charge in [0.1, 0.15) is 22.2 Å². The highest BCUT2D eigenvalue weighted by Gasteiger charge is 2.48. The number of ketones is 1. The van der Waals surface area contributed by atoms with Crippen LogP contribution in [0.15, 0.2) is 54.1 Å². The molecule has 0 unspecified atom stereocenters. The number of rotatable bonds is 6. The topological polar surface area (TPSA) is 106 Å². The monoisotopic (exact) mass is 496 g/mol. The molecule has 1 saturated heterocycles. The van der Waals surface area contributed by atoms with Gasteiger partial charge in [0.25, 0.3) is 5.78 Å². The van der Waals surface area contributed by atoms with Crippen LogP contribution in [-0.4, -0.2) is 41.5 Å². The van der Waals surface area contributed by atoms with E-state index < -0.39 is 35.3 Å². The first-order valence-corrected chi connectivity index (χ1v) is 11.4. The lowest BCUT2D eigenvalue weighted by Gasteiger charge is -2.23. The normalized spacial score (nSPS) is 17.0. The number of aliphatic hydroxyl groups is 1. The Balaban J connectivity index is 1.89. The van der Waals surface area contributed by atoms with Gasteiger partial charge in [0, 0.05) is 5.56 Å². The Labute approximate surface area is 204 Å². The van der Waals surface area contributed by atoms with E-state index in [1.165, 1.54) is 31.4 Å². The summed E-state index contributed by atoms with van der Waals surface area (Å²) in [6.45, 7) is 3.42. The van der Waals surface area contributed by atoms with E-state index in [1.807, 2.05) is 0 Å². The van der Waals surface area contributed by atoms with E-state index >= 15 is 0 Å². The summed E-state index contributed by atoms with van der Waals surface area (Å²) in [6.07, 6.45) is 0. The number of carbonyl (C=O) groups is 3. The van der Waals surface area contributed by atoms with Crippen molar-refractivity contribution in [2.75, 3.05) is 18.6 Å². The van der Waals surface area contributed by atoms with Crippen molar-refractivity contribution < 1.29 is 33.4 Å². The van der Waals surface area contributed by atoms with E-state index in [4.69, 9.17) is 9.47 Å². The van der Waals surface area contributed by atoms with Crippen molar-refractivity contribution in [1.29, 1.82) is 0 Å². The average molecular weight is 497 g/mol. The summed E-state index contributed by atoms with van der Waals surface area (Å²) in [5, 5.41) is 11.2. The van der Waals surface area contributed by atoms with Crippen LogP contribution in [0.5, 0.6) is 5.75 Å². The van der Waals surface area contributed by atoms with Gasteiger partial charge < -0.3 is 14.6 Å². The largest absolute Gasteiger partial charge is 0.507 e. The van der Waals surface area contributed by atoms with Crippen LogP contribution in [0.4, 0.5) is 9.52 Å². The second-order valence-corrected chi connectivity index (χ2v) is 8.56. The van der Waals surface area contributed by atoms with Gasteiger partial charge in [-0.1, -0.05) is 23.5 Å². The fourth-order valence-corrected chi connectivity index (χ4v) is 4.75. The molecule has 1 aliphatic rings. The van der Waals surface area contributed by atoms with Gasteiger partial charge in [0.2, 0.25) is 0 Å². The molecule has 35 heavy (non-hydrogen) atoms. The number of carbonyl (C=O) groups excluding carboxylic acids is 3. The molecule has 1 fully saturated rings. The SMILES string of the molecule is CCOC(=O)c1sc(N2C(=O)C(=O)C(=C(O)c3ccc(OC)cc3)[C@H]2c2ccc(F)cc2)nc1C. The Bertz CT molecular complexity index is 1330. The zero-order valence-electron chi connectivity index (χ0n) is 19.1. The summed E-state index contributed by atoms with van der Waals surface area (Å²) >= 11 is 0.899. The van der Waals surface area contributed by atoms with Gasteiger partial charge in [-0.2, -0.15) is 0 Å². The number of benzene rings is 2. The Hall–Kier alpha value is -4.05. The van der Waals surface area contributed by atoms with Gasteiger partial charge in [-0.25, -0.2) is 14.2 Å². The van der Waals surface area contributed by atoms with Crippen molar-refractivity contribution in [3.63, 3.8) is 0 Å². The Morgan fingerprint density at radius 3 is 2.40 bits per heavy atom. The summed E-state index contributed by atoms with van der Waals surface area (Å²) in [5.74, 6) is -2.82. The van der Waals surface area contributed by atoms with Crippen LogP contribution in [-0.2, 0) is 14.3 Å². The van der Waals surface area contributed by atoms with Gasteiger partial charge in [0.15, 0.2) is 5.13 Å². The summed E-state index contributed by atoms with van der Waals surface area (Å²) in [5.41, 5.74) is 0.820. The van der Waals surface area contributed by atoms with Crippen LogP contribution < -0.4 is 9.64 Å². The molecule has 0 saturated carbocycles. The van der Waals surface area contributed by atoms with Crippen LogP contribution in [0.2, 0.25) is 0 Å². The molecule has 2 aromatic carbocycles. The molecule has 10 heteroatoms. The zero-order valence-corrected chi connectivity index (χ0v) is 19.9. The van der Waals surface area contributed by atoms with Gasteiger partial charge in [-0.15, -0.1) is 0 Å². The Morgan fingerprint density at radius 2 is 1.80 bits per heavy atom. The van der Waals surface area contributed by atoms with Crippen LogP contribution in [0, 0.1) is 12.7 Å². The van der Waals surface area contributed by atoms with Crippen molar-refractivity contribution in [3.8, 4) is 5.75 Å².